The van der Waals surface area contributed by atoms with E-state index in [1.54, 1.807) is 0 Å². The van der Waals surface area contributed by atoms with Crippen molar-refractivity contribution in [3.05, 3.63) is 0 Å². The molecule has 0 heterocycles. The quantitative estimate of drug-likeness (QED) is 0.243. The Morgan fingerprint density at radius 1 is 0.947 bits per heavy atom. The molecule has 0 aliphatic rings. The van der Waals surface area contributed by atoms with Gasteiger partial charge in [-0.3, -0.25) is 24.5 Å². The van der Waals surface area contributed by atoms with Crippen molar-refractivity contribution in [2.45, 2.75) is 18.5 Å². The molecule has 108 valence electrons. The molecule has 19 heavy (non-hydrogen) atoms. The van der Waals surface area contributed by atoms with E-state index < -0.39 is 48.9 Å². The summed E-state index contributed by atoms with van der Waals surface area (Å²) in [5, 5.41) is 30.6. The van der Waals surface area contributed by atoms with E-state index in [2.05, 4.69) is 10.6 Å². The fourth-order valence-corrected chi connectivity index (χ4v) is 1.15. The smallest absolute Gasteiger partial charge is 0.322 e. The Labute approximate surface area is 107 Å². The van der Waals surface area contributed by atoms with Crippen molar-refractivity contribution in [2.75, 3.05) is 13.1 Å². The molecule has 0 saturated heterocycles. The number of hydrogen-bond donors (Lipinski definition) is 6. The Kier molecular flexibility index (Phi) is 7.07. The van der Waals surface area contributed by atoms with Crippen molar-refractivity contribution in [3.8, 4) is 0 Å². The fourth-order valence-electron chi connectivity index (χ4n) is 1.15. The number of nitrogens with one attached hydrogen (secondary N) is 2. The molecule has 10 heteroatoms. The minimum absolute atomic E-state index is 0.368. The predicted molar refractivity (Wildman–Crippen MR) is 60.3 cm³/mol. The molecule has 0 fully saturated rings. The van der Waals surface area contributed by atoms with Crippen LogP contribution in [0.15, 0.2) is 0 Å². The van der Waals surface area contributed by atoms with Gasteiger partial charge in [0, 0.05) is 6.54 Å². The van der Waals surface area contributed by atoms with Gasteiger partial charge in [-0.05, 0) is 0 Å². The van der Waals surface area contributed by atoms with Crippen LogP contribution in [0, 0.1) is 0 Å². The number of carboxylic acids is 3. The minimum atomic E-state index is -1.42. The van der Waals surface area contributed by atoms with Gasteiger partial charge in [-0.2, -0.15) is 0 Å². The molecule has 0 unspecified atom stereocenters. The van der Waals surface area contributed by atoms with E-state index >= 15 is 0 Å². The van der Waals surface area contributed by atoms with Gasteiger partial charge < -0.3 is 26.4 Å². The first-order chi connectivity index (χ1) is 8.73. The van der Waals surface area contributed by atoms with Crippen LogP contribution in [0.3, 0.4) is 0 Å². The summed E-state index contributed by atoms with van der Waals surface area (Å²) in [7, 11) is 0. The van der Waals surface area contributed by atoms with Gasteiger partial charge in [0.05, 0.1) is 13.0 Å². The Hall–Kier alpha value is -2.20. The molecule has 0 aromatic carbocycles. The van der Waals surface area contributed by atoms with Crippen LogP contribution in [0.4, 0.5) is 0 Å². The first kappa shape index (κ1) is 16.8. The van der Waals surface area contributed by atoms with Crippen LogP contribution in [-0.2, 0) is 19.2 Å². The second-order valence-corrected chi connectivity index (χ2v) is 3.63. The van der Waals surface area contributed by atoms with Gasteiger partial charge in [0.1, 0.15) is 12.1 Å². The highest BCUT2D eigenvalue weighted by atomic mass is 16.4. The maximum atomic E-state index is 10.8. The first-order valence-corrected chi connectivity index (χ1v) is 5.16. The molecule has 10 nitrogen and oxygen atoms in total. The highest BCUT2D eigenvalue weighted by Gasteiger charge is 2.24. The second kappa shape index (κ2) is 8.00. The van der Waals surface area contributed by atoms with E-state index in [4.69, 9.17) is 21.1 Å². The standard InChI is InChI=1S/C9H15N3O7/c10-6(13)3-12-5(9(18)19)2-11-4(8(16)17)1-7(14)15/h4-5,11-12H,1-3H2,(H2,10,13)(H,14,15)(H,16,17)(H,18,19)/t4-,5+/m0/s1. The zero-order chi connectivity index (χ0) is 15.0. The average molecular weight is 277 g/mol. The SMILES string of the molecule is NC(=O)CN[C@H](CN[C@@H](CC(=O)O)C(=O)O)C(=O)O. The highest BCUT2D eigenvalue weighted by molar-refractivity contribution is 5.81. The second-order valence-electron chi connectivity index (χ2n) is 3.63. The van der Waals surface area contributed by atoms with E-state index in [-0.39, 0.29) is 6.54 Å². The Bertz CT molecular complexity index is 371. The van der Waals surface area contributed by atoms with Crippen LogP contribution in [0.1, 0.15) is 6.42 Å². The van der Waals surface area contributed by atoms with Crippen LogP contribution in [0.2, 0.25) is 0 Å². The molecule has 0 aromatic heterocycles. The Balaban J connectivity index is 4.41. The normalized spacial score (nSPS) is 13.5. The van der Waals surface area contributed by atoms with Crippen molar-refractivity contribution in [1.29, 1.82) is 0 Å². The van der Waals surface area contributed by atoms with Crippen LogP contribution in [0.25, 0.3) is 0 Å². The fraction of sp³-hybridized carbons (Fsp3) is 0.556. The summed E-state index contributed by atoms with van der Waals surface area (Å²) in [6.07, 6.45) is -0.697. The number of carbonyl (C=O) groups excluding carboxylic acids is 1. The van der Waals surface area contributed by atoms with E-state index in [9.17, 15) is 19.2 Å². The Morgan fingerprint density at radius 2 is 1.47 bits per heavy atom. The number of aliphatic carboxylic acids is 3. The maximum Gasteiger partial charge on any atom is 0.322 e. The zero-order valence-electron chi connectivity index (χ0n) is 9.83. The lowest BCUT2D eigenvalue weighted by Gasteiger charge is -2.17. The topological polar surface area (TPSA) is 179 Å². The van der Waals surface area contributed by atoms with Gasteiger partial charge in [-0.25, -0.2) is 0 Å². The van der Waals surface area contributed by atoms with E-state index in [0.29, 0.717) is 0 Å². The number of carbonyl (C=O) groups is 4. The molecular formula is C9H15N3O7. The monoisotopic (exact) mass is 277 g/mol. The molecule has 7 N–H and O–H groups in total. The van der Waals surface area contributed by atoms with Crippen LogP contribution in [0.5, 0.6) is 0 Å². The summed E-state index contributed by atoms with van der Waals surface area (Å²) in [6.45, 7) is -0.762. The highest BCUT2D eigenvalue weighted by Crippen LogP contribution is 1.94. The number of amides is 1. The number of primary amides is 1. The van der Waals surface area contributed by atoms with Crippen LogP contribution < -0.4 is 16.4 Å². The number of carboxylic acid groups (broad SMARTS) is 3. The lowest BCUT2D eigenvalue weighted by molar-refractivity contribution is -0.146. The van der Waals surface area contributed by atoms with Gasteiger partial charge >= 0.3 is 17.9 Å². The predicted octanol–water partition coefficient (Wildman–Crippen LogP) is -2.97. The van der Waals surface area contributed by atoms with Gasteiger partial charge in [0.2, 0.25) is 5.91 Å². The van der Waals surface area contributed by atoms with E-state index in [0.717, 1.165) is 0 Å². The molecule has 0 aromatic rings. The van der Waals surface area contributed by atoms with Crippen molar-refractivity contribution >= 4 is 23.8 Å². The lowest BCUT2D eigenvalue weighted by Crippen LogP contribution is -2.51. The summed E-state index contributed by atoms with van der Waals surface area (Å²) >= 11 is 0. The zero-order valence-corrected chi connectivity index (χ0v) is 9.83. The summed E-state index contributed by atoms with van der Waals surface area (Å²) < 4.78 is 0. The third kappa shape index (κ3) is 7.68. The molecule has 1 amide bonds. The molecule has 0 radical (unpaired) electrons. The van der Waals surface area contributed by atoms with Gasteiger partial charge in [0.15, 0.2) is 0 Å². The molecule has 0 spiro atoms. The van der Waals surface area contributed by atoms with E-state index in [1.165, 1.54) is 0 Å². The minimum Gasteiger partial charge on any atom is -0.481 e. The van der Waals surface area contributed by atoms with Crippen molar-refractivity contribution in [1.82, 2.24) is 10.6 Å². The number of nitrogens with two attached hydrogens (primary N) is 1. The summed E-state index contributed by atoms with van der Waals surface area (Å²) in [5.41, 5.74) is 4.82. The summed E-state index contributed by atoms with van der Waals surface area (Å²) in [5.74, 6) is -4.85. The first-order valence-electron chi connectivity index (χ1n) is 5.16. The maximum absolute atomic E-state index is 10.8. The molecule has 2 atom stereocenters. The third-order valence-corrected chi connectivity index (χ3v) is 2.07. The van der Waals surface area contributed by atoms with Crippen molar-refractivity contribution < 1.29 is 34.5 Å². The molecule has 0 bridgehead atoms. The summed E-state index contributed by atoms with van der Waals surface area (Å²) in [6, 6.07) is -2.68. The van der Waals surface area contributed by atoms with Gasteiger partial charge in [0.25, 0.3) is 0 Å². The van der Waals surface area contributed by atoms with Crippen molar-refractivity contribution in [2.24, 2.45) is 5.73 Å². The molecular weight excluding hydrogens is 262 g/mol. The lowest BCUT2D eigenvalue weighted by atomic mass is 10.2. The Morgan fingerprint density at radius 3 is 1.84 bits per heavy atom. The van der Waals surface area contributed by atoms with Gasteiger partial charge in [-0.1, -0.05) is 0 Å². The van der Waals surface area contributed by atoms with Crippen LogP contribution >= 0.6 is 0 Å². The molecule has 0 saturated carbocycles. The van der Waals surface area contributed by atoms with Crippen LogP contribution in [-0.4, -0.2) is 64.3 Å². The number of hydrogen-bond acceptors (Lipinski definition) is 6. The number of rotatable bonds is 10. The van der Waals surface area contributed by atoms with E-state index in [1.807, 2.05) is 0 Å². The molecule has 0 rings (SSSR count). The largest absolute Gasteiger partial charge is 0.481 e. The average Bonchev–Trinajstić information content (AvgIpc) is 2.25. The van der Waals surface area contributed by atoms with Crippen molar-refractivity contribution in [3.63, 3.8) is 0 Å². The molecule has 0 aliphatic heterocycles. The summed E-state index contributed by atoms with van der Waals surface area (Å²) in [4.78, 5) is 42.4. The molecule has 0 aliphatic carbocycles. The van der Waals surface area contributed by atoms with Gasteiger partial charge in [-0.15, -0.1) is 0 Å². The third-order valence-electron chi connectivity index (χ3n) is 2.07.